The monoisotopic (exact) mass is 564 g/mol. The van der Waals surface area contributed by atoms with Crippen molar-refractivity contribution in [3.05, 3.63) is 46.7 Å². The van der Waals surface area contributed by atoms with E-state index in [1.165, 1.54) is 0 Å². The first kappa shape index (κ1) is 25.4. The SMILES string of the molecule is O=C1CCC(N2C(=O)c3ccc(N4CC5(CC(OC6CCN(c7ncc(Cl)cn7)CC6)C5)C4)cc3C2=O)C(=O)N1. The molecule has 7 rings (SSSR count). The van der Waals surface area contributed by atoms with Crippen molar-refractivity contribution >= 4 is 46.9 Å². The Bertz CT molecular complexity index is 1390. The van der Waals surface area contributed by atoms with E-state index in [2.05, 4.69) is 25.1 Å². The zero-order valence-electron chi connectivity index (χ0n) is 21.8. The van der Waals surface area contributed by atoms with Crippen molar-refractivity contribution < 1.29 is 23.9 Å². The molecule has 0 radical (unpaired) electrons. The Labute approximate surface area is 235 Å². The quantitative estimate of drug-likeness (QED) is 0.544. The van der Waals surface area contributed by atoms with Crippen molar-refractivity contribution in [1.82, 2.24) is 20.2 Å². The molecule has 5 heterocycles. The van der Waals surface area contributed by atoms with E-state index in [1.54, 1.807) is 24.5 Å². The molecule has 0 bridgehead atoms. The first-order valence-electron chi connectivity index (χ1n) is 13.8. The Morgan fingerprint density at radius 2 is 1.60 bits per heavy atom. The van der Waals surface area contributed by atoms with Gasteiger partial charge in [-0.25, -0.2) is 9.97 Å². The van der Waals surface area contributed by atoms with Gasteiger partial charge in [0.05, 0.1) is 40.8 Å². The maximum absolute atomic E-state index is 13.1. The van der Waals surface area contributed by atoms with E-state index in [0.29, 0.717) is 22.1 Å². The normalized spacial score (nSPS) is 24.7. The zero-order valence-corrected chi connectivity index (χ0v) is 22.6. The van der Waals surface area contributed by atoms with Gasteiger partial charge >= 0.3 is 0 Å². The molecule has 1 N–H and O–H groups in total. The van der Waals surface area contributed by atoms with Gasteiger partial charge in [-0.15, -0.1) is 0 Å². The summed E-state index contributed by atoms with van der Waals surface area (Å²) < 4.78 is 6.43. The molecule has 2 aromatic rings. The maximum atomic E-state index is 13.1. The van der Waals surface area contributed by atoms with E-state index < -0.39 is 23.8 Å². The number of carbonyl (C=O) groups excluding carboxylic acids is 4. The number of benzene rings is 1. The molecule has 11 nitrogen and oxygen atoms in total. The minimum atomic E-state index is -0.953. The number of hydrogen-bond donors (Lipinski definition) is 1. The molecule has 4 aliphatic heterocycles. The molecule has 1 aliphatic carbocycles. The fraction of sp³-hybridized carbons (Fsp3) is 0.500. The Morgan fingerprint density at radius 1 is 0.900 bits per heavy atom. The van der Waals surface area contributed by atoms with Crippen molar-refractivity contribution in [2.75, 3.05) is 36.0 Å². The average Bonchev–Trinajstić information content (AvgIpc) is 3.15. The molecule has 1 spiro atoms. The smallest absolute Gasteiger partial charge is 0.262 e. The number of piperidine rings is 2. The van der Waals surface area contributed by atoms with Crippen molar-refractivity contribution in [1.29, 1.82) is 0 Å². The average molecular weight is 565 g/mol. The molecule has 4 fully saturated rings. The molecule has 40 heavy (non-hydrogen) atoms. The highest BCUT2D eigenvalue weighted by molar-refractivity contribution is 6.30. The first-order valence-corrected chi connectivity index (χ1v) is 14.1. The highest BCUT2D eigenvalue weighted by atomic mass is 35.5. The molecule has 3 saturated heterocycles. The van der Waals surface area contributed by atoms with E-state index in [4.69, 9.17) is 16.3 Å². The summed E-state index contributed by atoms with van der Waals surface area (Å²) in [6, 6.07) is 4.36. The van der Waals surface area contributed by atoms with E-state index in [1.807, 2.05) is 6.07 Å². The maximum Gasteiger partial charge on any atom is 0.262 e. The van der Waals surface area contributed by atoms with Crippen molar-refractivity contribution in [3.8, 4) is 0 Å². The van der Waals surface area contributed by atoms with Crippen LogP contribution in [0.3, 0.4) is 0 Å². The van der Waals surface area contributed by atoms with Gasteiger partial charge in [-0.05, 0) is 50.3 Å². The topological polar surface area (TPSA) is 125 Å². The van der Waals surface area contributed by atoms with Crippen LogP contribution in [0.15, 0.2) is 30.6 Å². The van der Waals surface area contributed by atoms with E-state index >= 15 is 0 Å². The van der Waals surface area contributed by atoms with Crippen LogP contribution in [-0.4, -0.2) is 82.9 Å². The summed E-state index contributed by atoms with van der Waals surface area (Å²) in [5.41, 5.74) is 1.76. The van der Waals surface area contributed by atoms with Gasteiger partial charge in [0, 0.05) is 43.7 Å². The molecular weight excluding hydrogens is 536 g/mol. The van der Waals surface area contributed by atoms with E-state index in [9.17, 15) is 19.2 Å². The van der Waals surface area contributed by atoms with Gasteiger partial charge in [-0.2, -0.15) is 0 Å². The summed E-state index contributed by atoms with van der Waals surface area (Å²) in [7, 11) is 0. The van der Waals surface area contributed by atoms with Gasteiger partial charge in [-0.3, -0.25) is 29.4 Å². The van der Waals surface area contributed by atoms with Crippen LogP contribution in [0.2, 0.25) is 5.02 Å². The Hall–Kier alpha value is -3.57. The number of imide groups is 2. The van der Waals surface area contributed by atoms with Gasteiger partial charge in [0.1, 0.15) is 6.04 Å². The number of nitrogens with one attached hydrogen (secondary N) is 1. The van der Waals surface area contributed by atoms with Crippen LogP contribution in [0.4, 0.5) is 11.6 Å². The standard InChI is InChI=1S/C28H29ClN6O5/c29-16-12-30-27(31-13-16)33-7-5-18(6-8-33)40-19-10-28(11-19)14-34(15-28)17-1-2-20-21(9-17)26(39)35(25(20)38)22-3-4-23(36)32-24(22)37/h1-2,9,12-13,18-19,22H,3-8,10-11,14-15H2,(H,32,36,37). The lowest BCUT2D eigenvalue weighted by molar-refractivity contribution is -0.136. The summed E-state index contributed by atoms with van der Waals surface area (Å²) >= 11 is 5.90. The predicted octanol–water partition coefficient (Wildman–Crippen LogP) is 2.19. The molecule has 1 aromatic heterocycles. The molecule has 12 heteroatoms. The van der Waals surface area contributed by atoms with Crippen LogP contribution < -0.4 is 15.1 Å². The summed E-state index contributed by atoms with van der Waals surface area (Å²) in [4.78, 5) is 63.9. The second-order valence-electron chi connectivity index (χ2n) is 11.6. The third-order valence-corrected chi connectivity index (χ3v) is 9.07. The van der Waals surface area contributed by atoms with Crippen LogP contribution in [0.25, 0.3) is 0 Å². The number of halogens is 1. The van der Waals surface area contributed by atoms with Gasteiger partial charge in [0.25, 0.3) is 11.8 Å². The lowest BCUT2D eigenvalue weighted by Crippen LogP contribution is -2.64. The van der Waals surface area contributed by atoms with Crippen LogP contribution >= 0.6 is 11.6 Å². The number of nitrogens with zero attached hydrogens (tertiary/aromatic N) is 5. The molecule has 1 saturated carbocycles. The number of hydrogen-bond acceptors (Lipinski definition) is 9. The fourth-order valence-corrected chi connectivity index (χ4v) is 6.89. The number of fused-ring (bicyclic) bond motifs is 1. The highest BCUT2D eigenvalue weighted by Gasteiger charge is 2.54. The lowest BCUT2D eigenvalue weighted by Gasteiger charge is -2.60. The van der Waals surface area contributed by atoms with Crippen LogP contribution in [0.5, 0.6) is 0 Å². The van der Waals surface area contributed by atoms with Crippen LogP contribution in [-0.2, 0) is 14.3 Å². The Morgan fingerprint density at radius 3 is 2.30 bits per heavy atom. The second-order valence-corrected chi connectivity index (χ2v) is 12.0. The first-order chi connectivity index (χ1) is 19.3. The predicted molar refractivity (Wildman–Crippen MR) is 144 cm³/mol. The van der Waals surface area contributed by atoms with Crippen LogP contribution in [0, 0.1) is 5.41 Å². The third kappa shape index (κ3) is 4.32. The van der Waals surface area contributed by atoms with E-state index in [0.717, 1.165) is 62.4 Å². The molecular formula is C28H29ClN6O5. The van der Waals surface area contributed by atoms with Gasteiger partial charge in [-0.1, -0.05) is 11.6 Å². The molecule has 1 unspecified atom stereocenters. The number of ether oxygens (including phenoxy) is 1. The molecule has 208 valence electrons. The van der Waals surface area contributed by atoms with Crippen LogP contribution in [0.1, 0.15) is 59.2 Å². The van der Waals surface area contributed by atoms with Crippen molar-refractivity contribution in [2.45, 2.75) is 56.8 Å². The third-order valence-electron chi connectivity index (χ3n) is 8.88. The molecule has 1 aromatic carbocycles. The number of carbonyl (C=O) groups is 4. The van der Waals surface area contributed by atoms with E-state index in [-0.39, 0.29) is 36.4 Å². The van der Waals surface area contributed by atoms with Crippen molar-refractivity contribution in [2.24, 2.45) is 5.41 Å². The number of anilines is 2. The van der Waals surface area contributed by atoms with Gasteiger partial charge in [0.15, 0.2) is 0 Å². The zero-order chi connectivity index (χ0) is 27.6. The fourth-order valence-electron chi connectivity index (χ4n) is 6.80. The number of amides is 4. The summed E-state index contributed by atoms with van der Waals surface area (Å²) in [6.45, 7) is 3.49. The van der Waals surface area contributed by atoms with Gasteiger partial charge < -0.3 is 14.5 Å². The molecule has 4 amide bonds. The summed E-state index contributed by atoms with van der Waals surface area (Å²) in [5.74, 6) is -1.23. The molecule has 5 aliphatic rings. The summed E-state index contributed by atoms with van der Waals surface area (Å²) in [6.07, 6.45) is 7.95. The number of aromatic nitrogens is 2. The van der Waals surface area contributed by atoms with Gasteiger partial charge in [0.2, 0.25) is 17.8 Å². The molecule has 1 atom stereocenters. The number of rotatable bonds is 5. The Balaban J connectivity index is 0.910. The van der Waals surface area contributed by atoms with Crippen molar-refractivity contribution in [3.63, 3.8) is 0 Å². The minimum absolute atomic E-state index is 0.104. The second kappa shape index (κ2) is 9.52. The highest BCUT2D eigenvalue weighted by Crippen LogP contribution is 2.51. The largest absolute Gasteiger partial charge is 0.375 e. The Kier molecular flexibility index (Phi) is 6.04. The lowest BCUT2D eigenvalue weighted by atomic mass is 9.61. The minimum Gasteiger partial charge on any atom is -0.375 e. The summed E-state index contributed by atoms with van der Waals surface area (Å²) in [5, 5.41) is 2.76.